The van der Waals surface area contributed by atoms with Crippen molar-refractivity contribution in [3.05, 3.63) is 38.0 Å². The van der Waals surface area contributed by atoms with E-state index in [0.717, 1.165) is 38.0 Å². The average molecular weight is 452 g/mol. The number of carboxylic acid groups (broad SMARTS) is 3. The van der Waals surface area contributed by atoms with Crippen LogP contribution < -0.4 is 0 Å². The molecule has 0 bridgehead atoms. The average Bonchev–Trinajstić information content (AvgIpc) is 3.67. The maximum Gasteiger partial charge on any atom is 0.327 e. The molecule has 2 fully saturated rings. The molecule has 0 amide bonds. The van der Waals surface area contributed by atoms with Crippen molar-refractivity contribution in [2.75, 3.05) is 39.6 Å². The molecule has 0 aromatic heterocycles. The second kappa shape index (κ2) is 25.5. The molecule has 6 N–H and O–H groups in total. The van der Waals surface area contributed by atoms with Gasteiger partial charge in [-0.05, 0) is 13.3 Å². The van der Waals surface area contributed by atoms with Crippen molar-refractivity contribution in [2.45, 2.75) is 26.4 Å². The third kappa shape index (κ3) is 47.0. The van der Waals surface area contributed by atoms with Gasteiger partial charge < -0.3 is 40.1 Å². The minimum absolute atomic E-state index is 0.156. The zero-order valence-corrected chi connectivity index (χ0v) is 18.1. The smallest absolute Gasteiger partial charge is 0.327 e. The number of aliphatic carboxylic acids is 3. The number of carbonyl (C=O) groups is 3. The fourth-order valence-corrected chi connectivity index (χ4v) is 0.582. The summed E-state index contributed by atoms with van der Waals surface area (Å²) in [5.74, 6) is -2.94. The molecule has 31 heavy (non-hydrogen) atoms. The molecule has 11 nitrogen and oxygen atoms in total. The molecule has 2 rings (SSSR count). The predicted molar refractivity (Wildman–Crippen MR) is 114 cm³/mol. The van der Waals surface area contributed by atoms with E-state index in [0.29, 0.717) is 12.5 Å². The second-order valence-electron chi connectivity index (χ2n) is 5.71. The van der Waals surface area contributed by atoms with E-state index < -0.39 is 23.3 Å². The first-order valence-electron chi connectivity index (χ1n) is 9.03. The zero-order chi connectivity index (χ0) is 25.3. The fraction of sp³-hybridized carbons (Fsp3) is 0.550. The third-order valence-electron chi connectivity index (χ3n) is 2.98. The first kappa shape index (κ1) is 35.8. The van der Waals surface area contributed by atoms with Crippen molar-refractivity contribution in [3.63, 3.8) is 0 Å². The number of rotatable bonds is 7. The molecule has 2 saturated heterocycles. The van der Waals surface area contributed by atoms with Crippen LogP contribution in [-0.4, -0.2) is 94.3 Å². The molecule has 1 atom stereocenters. The summed E-state index contributed by atoms with van der Waals surface area (Å²) in [4.78, 5) is 27.8. The molecule has 0 spiro atoms. The van der Waals surface area contributed by atoms with E-state index in [9.17, 15) is 14.4 Å². The lowest BCUT2D eigenvalue weighted by Crippen LogP contribution is -2.32. The third-order valence-corrected chi connectivity index (χ3v) is 2.98. The van der Waals surface area contributed by atoms with Gasteiger partial charge in [0.1, 0.15) is 0 Å². The maximum atomic E-state index is 9.25. The van der Waals surface area contributed by atoms with Crippen LogP contribution in [0.5, 0.6) is 0 Å². The number of epoxide rings is 2. The van der Waals surface area contributed by atoms with Gasteiger partial charge in [-0.25, -0.2) is 14.4 Å². The highest BCUT2D eigenvalue weighted by Crippen LogP contribution is 2.18. The first-order valence-corrected chi connectivity index (χ1v) is 9.03. The van der Waals surface area contributed by atoms with Gasteiger partial charge in [-0.15, -0.1) is 0 Å². The van der Waals surface area contributed by atoms with E-state index in [-0.39, 0.29) is 19.8 Å². The lowest BCUT2D eigenvalue weighted by molar-refractivity contribution is -0.132. The van der Waals surface area contributed by atoms with Crippen molar-refractivity contribution in [1.82, 2.24) is 0 Å². The van der Waals surface area contributed by atoms with Gasteiger partial charge in [-0.2, -0.15) is 0 Å². The van der Waals surface area contributed by atoms with Gasteiger partial charge in [0, 0.05) is 23.6 Å². The van der Waals surface area contributed by atoms with Crippen LogP contribution >= 0.6 is 0 Å². The summed E-state index contributed by atoms with van der Waals surface area (Å²) in [5.41, 5.74) is -0.667. The SMILES string of the molecule is C1CO1.C=CC(=O)O.C=CC(=O)O.C=CC(=O)O.CC1CO1.CCC(CO)(CO)CO. The van der Waals surface area contributed by atoms with Crippen LogP contribution in [0, 0.1) is 5.41 Å². The van der Waals surface area contributed by atoms with Gasteiger partial charge in [0.25, 0.3) is 0 Å². The van der Waals surface area contributed by atoms with E-state index in [4.69, 9.17) is 35.4 Å². The van der Waals surface area contributed by atoms with Crippen LogP contribution in [0.3, 0.4) is 0 Å². The van der Waals surface area contributed by atoms with Crippen LogP contribution in [0.15, 0.2) is 38.0 Å². The molecule has 0 aliphatic carbocycles. The molecule has 0 radical (unpaired) electrons. The summed E-state index contributed by atoms with van der Waals surface area (Å²) in [6.07, 6.45) is 3.68. The molecule has 0 aromatic rings. The Balaban J connectivity index is -0.000000146. The van der Waals surface area contributed by atoms with E-state index in [1.54, 1.807) is 0 Å². The summed E-state index contributed by atoms with van der Waals surface area (Å²) in [6.45, 7) is 15.3. The van der Waals surface area contributed by atoms with Gasteiger partial charge in [0.2, 0.25) is 0 Å². The normalized spacial score (nSPS) is 14.0. The summed E-state index contributed by atoms with van der Waals surface area (Å²) in [5, 5.41) is 48.8. The Hall–Kier alpha value is -2.57. The van der Waals surface area contributed by atoms with Crippen molar-refractivity contribution in [2.24, 2.45) is 5.41 Å². The topological polar surface area (TPSA) is 198 Å². The Labute approximate surface area is 182 Å². The zero-order valence-electron chi connectivity index (χ0n) is 18.1. The molecule has 2 aliphatic heterocycles. The largest absolute Gasteiger partial charge is 0.478 e. The quantitative estimate of drug-likeness (QED) is 0.233. The molecular weight excluding hydrogens is 416 g/mol. The van der Waals surface area contributed by atoms with Crippen molar-refractivity contribution >= 4 is 17.9 Å². The monoisotopic (exact) mass is 452 g/mol. The molecule has 11 heteroatoms. The van der Waals surface area contributed by atoms with Crippen molar-refractivity contribution < 1.29 is 54.5 Å². The molecular formula is C20H36O11. The van der Waals surface area contributed by atoms with Gasteiger partial charge in [0.05, 0.1) is 45.7 Å². The predicted octanol–water partition coefficient (Wildman–Crippen LogP) is 0.552. The van der Waals surface area contributed by atoms with Crippen LogP contribution in [0.25, 0.3) is 0 Å². The lowest BCUT2D eigenvalue weighted by atomic mass is 9.88. The molecule has 0 saturated carbocycles. The lowest BCUT2D eigenvalue weighted by Gasteiger charge is -2.24. The summed E-state index contributed by atoms with van der Waals surface area (Å²) >= 11 is 0. The van der Waals surface area contributed by atoms with Crippen LogP contribution in [-0.2, 0) is 23.9 Å². The highest BCUT2D eigenvalue weighted by Gasteiger charge is 2.24. The van der Waals surface area contributed by atoms with Crippen LogP contribution in [0.1, 0.15) is 20.3 Å². The van der Waals surface area contributed by atoms with Crippen LogP contribution in [0.2, 0.25) is 0 Å². The number of carboxylic acids is 3. The summed E-state index contributed by atoms with van der Waals surface area (Å²) in [7, 11) is 0. The van der Waals surface area contributed by atoms with Gasteiger partial charge >= 0.3 is 17.9 Å². The first-order chi connectivity index (χ1) is 14.4. The minimum atomic E-state index is -0.981. The summed E-state index contributed by atoms with van der Waals surface area (Å²) < 4.78 is 9.21. The molecule has 182 valence electrons. The van der Waals surface area contributed by atoms with Gasteiger partial charge in [0.15, 0.2) is 0 Å². The molecule has 1 unspecified atom stereocenters. The van der Waals surface area contributed by atoms with E-state index in [1.165, 1.54) is 0 Å². The highest BCUT2D eigenvalue weighted by atomic mass is 16.6. The fourth-order valence-electron chi connectivity index (χ4n) is 0.582. The van der Waals surface area contributed by atoms with E-state index in [2.05, 4.69) is 31.4 Å². The molecule has 2 aliphatic rings. The van der Waals surface area contributed by atoms with Crippen LogP contribution in [0.4, 0.5) is 0 Å². The number of hydrogen-bond donors (Lipinski definition) is 6. The van der Waals surface area contributed by atoms with E-state index >= 15 is 0 Å². The summed E-state index contributed by atoms with van der Waals surface area (Å²) in [6, 6.07) is 0. The number of aliphatic hydroxyl groups excluding tert-OH is 3. The Bertz CT molecular complexity index is 430. The van der Waals surface area contributed by atoms with Crippen molar-refractivity contribution in [3.8, 4) is 0 Å². The number of aliphatic hydroxyl groups is 3. The number of hydrogen-bond acceptors (Lipinski definition) is 8. The van der Waals surface area contributed by atoms with Crippen molar-refractivity contribution in [1.29, 1.82) is 0 Å². The maximum absolute atomic E-state index is 9.25. The second-order valence-corrected chi connectivity index (χ2v) is 5.71. The van der Waals surface area contributed by atoms with Gasteiger partial charge in [-0.3, -0.25) is 0 Å². The Morgan fingerprint density at radius 2 is 1.06 bits per heavy atom. The Morgan fingerprint density at radius 1 is 0.871 bits per heavy atom. The Morgan fingerprint density at radius 3 is 1.06 bits per heavy atom. The van der Waals surface area contributed by atoms with E-state index in [1.807, 2.05) is 6.92 Å². The standard InChI is InChI=1S/C6H14O3.3C3H4O2.C3H6O.C2H4O/c1-2-6(3-7,4-8)5-9;3*1-2-3(4)5;1-3-2-4-3;1-2-3-1/h7-9H,2-5H2,1H3;3*2H,1H2,(H,4,5);3H,2H2,1H3;1-2H2. The molecule has 2 heterocycles. The van der Waals surface area contributed by atoms with Gasteiger partial charge in [-0.1, -0.05) is 26.7 Å². The number of ether oxygens (including phenoxy) is 2. The minimum Gasteiger partial charge on any atom is -0.478 e. The molecule has 0 aromatic carbocycles. The highest BCUT2D eigenvalue weighted by molar-refractivity contribution is 5.79. The Kier molecular flexibility index (Phi) is 29.4.